The van der Waals surface area contributed by atoms with Crippen molar-refractivity contribution in [2.24, 2.45) is 0 Å². The molecule has 0 amide bonds. The van der Waals surface area contributed by atoms with Gasteiger partial charge in [-0.2, -0.15) is 18.4 Å². The molecule has 1 aromatic carbocycles. The molecule has 0 aliphatic rings. The van der Waals surface area contributed by atoms with Gasteiger partial charge in [0, 0.05) is 0 Å². The van der Waals surface area contributed by atoms with Gasteiger partial charge >= 0.3 is 12.1 Å². The maximum absolute atomic E-state index is 12.7. The minimum atomic E-state index is -4.81. The van der Waals surface area contributed by atoms with Crippen LogP contribution in [0.1, 0.15) is 28.4 Å². The Balaban J connectivity index is 3.45. The van der Waals surface area contributed by atoms with E-state index in [1.807, 2.05) is 0 Å². The summed E-state index contributed by atoms with van der Waals surface area (Å²) in [6.45, 7) is 1.52. The molecule has 0 heterocycles. The zero-order valence-electron chi connectivity index (χ0n) is 9.14. The van der Waals surface area contributed by atoms with Crippen LogP contribution < -0.4 is 0 Å². The Bertz CT molecular complexity index is 520. The summed E-state index contributed by atoms with van der Waals surface area (Å²) in [5.74, 6) is -0.961. The van der Waals surface area contributed by atoms with E-state index in [1.54, 1.807) is 0 Å². The third-order valence-electron chi connectivity index (χ3n) is 2.04. The van der Waals surface area contributed by atoms with Crippen molar-refractivity contribution in [1.82, 2.24) is 0 Å². The second-order valence-electron chi connectivity index (χ2n) is 3.18. The summed E-state index contributed by atoms with van der Waals surface area (Å²) < 4.78 is 42.8. The molecular weight excluding hydrogens is 271 g/mol. The maximum Gasteiger partial charge on any atom is 0.419 e. The van der Waals surface area contributed by atoms with Crippen LogP contribution in [0.25, 0.3) is 0 Å². The first-order valence-corrected chi connectivity index (χ1v) is 5.17. The third-order valence-corrected chi connectivity index (χ3v) is 2.43. The maximum atomic E-state index is 12.7. The molecule has 18 heavy (non-hydrogen) atoms. The molecule has 7 heteroatoms. The number of ether oxygens (including phenoxy) is 1. The summed E-state index contributed by atoms with van der Waals surface area (Å²) in [6, 6.07) is 3.31. The highest BCUT2D eigenvalue weighted by molar-refractivity contribution is 6.34. The van der Waals surface area contributed by atoms with Gasteiger partial charge in [0.05, 0.1) is 34.4 Å². The Kier molecular flexibility index (Phi) is 4.19. The van der Waals surface area contributed by atoms with E-state index < -0.39 is 33.9 Å². The van der Waals surface area contributed by atoms with Crippen molar-refractivity contribution in [3.8, 4) is 6.07 Å². The molecule has 96 valence electrons. The van der Waals surface area contributed by atoms with Crippen molar-refractivity contribution in [2.75, 3.05) is 6.61 Å². The molecule has 0 atom stereocenters. The molecule has 0 aliphatic heterocycles. The lowest BCUT2D eigenvalue weighted by molar-refractivity contribution is -0.137. The topological polar surface area (TPSA) is 50.1 Å². The Labute approximate surface area is 106 Å². The van der Waals surface area contributed by atoms with E-state index in [-0.39, 0.29) is 6.61 Å². The monoisotopic (exact) mass is 277 g/mol. The molecular formula is C11H7ClF3NO2. The van der Waals surface area contributed by atoms with Gasteiger partial charge in [-0.05, 0) is 19.1 Å². The van der Waals surface area contributed by atoms with Gasteiger partial charge in [-0.15, -0.1) is 0 Å². The molecule has 0 fully saturated rings. The number of hydrogen-bond acceptors (Lipinski definition) is 3. The fourth-order valence-corrected chi connectivity index (χ4v) is 1.66. The highest BCUT2D eigenvalue weighted by atomic mass is 35.5. The summed E-state index contributed by atoms with van der Waals surface area (Å²) >= 11 is 5.54. The van der Waals surface area contributed by atoms with Crippen LogP contribution in [0.15, 0.2) is 12.1 Å². The number of carbonyl (C=O) groups is 1. The molecule has 1 aromatic rings. The summed E-state index contributed by atoms with van der Waals surface area (Å²) in [5, 5.41) is 7.79. The number of esters is 1. The number of alkyl halides is 3. The number of halogens is 4. The predicted molar refractivity (Wildman–Crippen MR) is 57.1 cm³/mol. The molecule has 0 unspecified atom stereocenters. The molecule has 0 saturated heterocycles. The van der Waals surface area contributed by atoms with Gasteiger partial charge in [-0.3, -0.25) is 0 Å². The normalized spacial score (nSPS) is 10.9. The molecule has 0 aliphatic carbocycles. The van der Waals surface area contributed by atoms with Crippen molar-refractivity contribution in [1.29, 1.82) is 5.26 Å². The molecule has 0 aromatic heterocycles. The van der Waals surface area contributed by atoms with Crippen molar-refractivity contribution in [3.63, 3.8) is 0 Å². The van der Waals surface area contributed by atoms with Crippen LogP contribution in [0.5, 0.6) is 0 Å². The zero-order valence-corrected chi connectivity index (χ0v) is 9.89. The van der Waals surface area contributed by atoms with Gasteiger partial charge in [-0.1, -0.05) is 11.6 Å². The number of carbonyl (C=O) groups excluding carboxylic acids is 1. The average molecular weight is 278 g/mol. The van der Waals surface area contributed by atoms with E-state index in [4.69, 9.17) is 16.9 Å². The van der Waals surface area contributed by atoms with Crippen LogP contribution in [-0.4, -0.2) is 12.6 Å². The van der Waals surface area contributed by atoms with E-state index in [0.29, 0.717) is 0 Å². The molecule has 3 nitrogen and oxygen atoms in total. The van der Waals surface area contributed by atoms with Gasteiger partial charge < -0.3 is 4.74 Å². The minimum absolute atomic E-state index is 0.0104. The van der Waals surface area contributed by atoms with Crippen LogP contribution >= 0.6 is 11.6 Å². The quantitative estimate of drug-likeness (QED) is 0.778. The number of rotatable bonds is 2. The van der Waals surface area contributed by atoms with Gasteiger partial charge in [0.2, 0.25) is 0 Å². The van der Waals surface area contributed by atoms with Gasteiger partial charge in [0.25, 0.3) is 0 Å². The van der Waals surface area contributed by atoms with E-state index in [2.05, 4.69) is 4.74 Å². The summed E-state index contributed by atoms with van der Waals surface area (Å²) in [4.78, 5) is 11.4. The van der Waals surface area contributed by atoms with Crippen LogP contribution in [0, 0.1) is 11.3 Å². The summed E-state index contributed by atoms with van der Waals surface area (Å²) in [6.07, 6.45) is -4.81. The lowest BCUT2D eigenvalue weighted by atomic mass is 10.0. The summed E-state index contributed by atoms with van der Waals surface area (Å²) in [7, 11) is 0. The molecule has 0 bridgehead atoms. The number of nitriles is 1. The van der Waals surface area contributed by atoms with Gasteiger partial charge in [0.1, 0.15) is 0 Å². The Hall–Kier alpha value is -1.74. The van der Waals surface area contributed by atoms with E-state index in [1.165, 1.54) is 13.0 Å². The molecule has 0 saturated carbocycles. The third kappa shape index (κ3) is 2.74. The SMILES string of the molecule is CCOC(=O)c1ccc(C#N)c(C(F)(F)F)c1Cl. The van der Waals surface area contributed by atoms with Crippen LogP contribution in [0.4, 0.5) is 13.2 Å². The first-order chi connectivity index (χ1) is 8.32. The van der Waals surface area contributed by atoms with Crippen molar-refractivity contribution in [2.45, 2.75) is 13.1 Å². The van der Waals surface area contributed by atoms with Crippen molar-refractivity contribution in [3.05, 3.63) is 33.8 Å². The highest BCUT2D eigenvalue weighted by Gasteiger charge is 2.38. The molecule has 0 N–H and O–H groups in total. The summed E-state index contributed by atoms with van der Waals surface area (Å²) in [5.41, 5.74) is -2.37. The van der Waals surface area contributed by atoms with Gasteiger partial charge in [0.15, 0.2) is 0 Å². The van der Waals surface area contributed by atoms with E-state index in [9.17, 15) is 18.0 Å². The average Bonchev–Trinajstić information content (AvgIpc) is 2.26. The molecule has 0 radical (unpaired) electrons. The largest absolute Gasteiger partial charge is 0.462 e. The second-order valence-corrected chi connectivity index (χ2v) is 3.56. The Morgan fingerprint density at radius 3 is 2.56 bits per heavy atom. The Morgan fingerprint density at radius 2 is 2.11 bits per heavy atom. The zero-order chi connectivity index (χ0) is 13.9. The first kappa shape index (κ1) is 14.3. The van der Waals surface area contributed by atoms with Crippen LogP contribution in [-0.2, 0) is 10.9 Å². The molecule has 1 rings (SSSR count). The van der Waals surface area contributed by atoms with Crippen LogP contribution in [0.2, 0.25) is 5.02 Å². The standard InChI is InChI=1S/C11H7ClF3NO2/c1-2-18-10(17)7-4-3-6(5-16)8(9(7)12)11(13,14)15/h3-4H,2H2,1H3. The number of nitrogens with zero attached hydrogens (tertiary/aromatic N) is 1. The second kappa shape index (κ2) is 5.27. The van der Waals surface area contributed by atoms with Crippen molar-refractivity contribution < 1.29 is 22.7 Å². The first-order valence-electron chi connectivity index (χ1n) is 4.79. The number of hydrogen-bond donors (Lipinski definition) is 0. The lowest BCUT2D eigenvalue weighted by Gasteiger charge is -2.13. The van der Waals surface area contributed by atoms with Gasteiger partial charge in [-0.25, -0.2) is 4.79 Å². The van der Waals surface area contributed by atoms with Crippen LogP contribution in [0.3, 0.4) is 0 Å². The fraction of sp³-hybridized carbons (Fsp3) is 0.273. The smallest absolute Gasteiger partial charge is 0.419 e. The fourth-order valence-electron chi connectivity index (χ4n) is 1.31. The predicted octanol–water partition coefficient (Wildman–Crippen LogP) is 3.41. The Morgan fingerprint density at radius 1 is 1.50 bits per heavy atom. The molecule has 0 spiro atoms. The van der Waals surface area contributed by atoms with E-state index in [0.717, 1.165) is 12.1 Å². The number of benzene rings is 1. The van der Waals surface area contributed by atoms with Crippen molar-refractivity contribution >= 4 is 17.6 Å². The highest BCUT2D eigenvalue weighted by Crippen LogP contribution is 2.38. The van der Waals surface area contributed by atoms with E-state index >= 15 is 0 Å². The lowest BCUT2D eigenvalue weighted by Crippen LogP contribution is -2.13. The minimum Gasteiger partial charge on any atom is -0.462 e.